The van der Waals surface area contributed by atoms with Gasteiger partial charge in [-0.25, -0.2) is 4.79 Å². The summed E-state index contributed by atoms with van der Waals surface area (Å²) in [7, 11) is 1.48. The van der Waals surface area contributed by atoms with E-state index in [1.165, 1.54) is 12.2 Å². The molecule has 1 aliphatic heterocycles. The Hall–Kier alpha value is -0.810. The van der Waals surface area contributed by atoms with Crippen LogP contribution in [0.4, 0.5) is 4.79 Å². The lowest BCUT2D eigenvalue weighted by molar-refractivity contribution is -0.126. The highest BCUT2D eigenvalue weighted by Crippen LogP contribution is 2.12. The Morgan fingerprint density at radius 3 is 2.62 bits per heavy atom. The highest BCUT2D eigenvalue weighted by atomic mass is 16.7. The third-order valence-corrected chi connectivity index (χ3v) is 2.37. The molecule has 94 valence electrons. The van der Waals surface area contributed by atoms with Crippen LogP contribution in [0.3, 0.4) is 0 Å². The second kappa shape index (κ2) is 5.50. The maximum Gasteiger partial charge on any atom is 0.434 e. The molecule has 5 nitrogen and oxygen atoms in total. The summed E-state index contributed by atoms with van der Waals surface area (Å²) in [6, 6.07) is 0.312. The summed E-state index contributed by atoms with van der Waals surface area (Å²) < 4.78 is 5.24. The Morgan fingerprint density at radius 2 is 2.19 bits per heavy atom. The van der Waals surface area contributed by atoms with Crippen LogP contribution in [-0.2, 0) is 9.57 Å². The van der Waals surface area contributed by atoms with Gasteiger partial charge in [0.15, 0.2) is 0 Å². The van der Waals surface area contributed by atoms with Gasteiger partial charge >= 0.3 is 6.09 Å². The fraction of sp³-hybridized carbons (Fsp3) is 0.909. The summed E-state index contributed by atoms with van der Waals surface area (Å²) in [5.41, 5.74) is -0.489. The van der Waals surface area contributed by atoms with Gasteiger partial charge in [0.05, 0.1) is 13.7 Å². The van der Waals surface area contributed by atoms with Crippen molar-refractivity contribution in [2.45, 2.75) is 45.3 Å². The molecule has 1 fully saturated rings. The number of nitrogens with zero attached hydrogens (tertiary/aromatic N) is 1. The molecule has 1 amide bonds. The lowest BCUT2D eigenvalue weighted by Gasteiger charge is -2.27. The topological polar surface area (TPSA) is 50.8 Å². The van der Waals surface area contributed by atoms with Gasteiger partial charge in [0, 0.05) is 6.04 Å². The van der Waals surface area contributed by atoms with Crippen molar-refractivity contribution in [1.29, 1.82) is 0 Å². The largest absolute Gasteiger partial charge is 0.442 e. The molecule has 1 unspecified atom stereocenters. The normalized spacial score (nSPS) is 20.9. The number of carbonyl (C=O) groups is 1. The van der Waals surface area contributed by atoms with Gasteiger partial charge in [-0.3, -0.25) is 4.84 Å². The van der Waals surface area contributed by atoms with Crippen LogP contribution in [0.25, 0.3) is 0 Å². The molecule has 0 bridgehead atoms. The molecule has 0 aromatic heterocycles. The smallest absolute Gasteiger partial charge is 0.434 e. The van der Waals surface area contributed by atoms with Crippen LogP contribution < -0.4 is 5.32 Å². The number of amides is 1. The number of ether oxygens (including phenoxy) is 1. The summed E-state index contributed by atoms with van der Waals surface area (Å²) in [6.07, 6.45) is 1.79. The molecule has 0 aromatic rings. The number of nitrogens with one attached hydrogen (secondary N) is 1. The van der Waals surface area contributed by atoms with Crippen LogP contribution in [0.15, 0.2) is 0 Å². The molecule has 5 heteroatoms. The SMILES string of the molecule is CON(CC1CCCN1)C(=O)OC(C)(C)C. The Bertz CT molecular complexity index is 232. The predicted molar refractivity (Wildman–Crippen MR) is 61.0 cm³/mol. The van der Waals surface area contributed by atoms with E-state index in [2.05, 4.69) is 5.32 Å². The Balaban J connectivity index is 2.43. The van der Waals surface area contributed by atoms with Crippen LogP contribution >= 0.6 is 0 Å². The van der Waals surface area contributed by atoms with Crippen molar-refractivity contribution in [3.05, 3.63) is 0 Å². The number of hydrogen-bond acceptors (Lipinski definition) is 4. The van der Waals surface area contributed by atoms with Gasteiger partial charge in [-0.1, -0.05) is 0 Å². The van der Waals surface area contributed by atoms with Crippen LogP contribution in [-0.4, -0.2) is 43.0 Å². The maximum atomic E-state index is 11.7. The zero-order valence-electron chi connectivity index (χ0n) is 10.6. The summed E-state index contributed by atoms with van der Waals surface area (Å²) in [4.78, 5) is 16.8. The molecule has 16 heavy (non-hydrogen) atoms. The Kier molecular flexibility index (Phi) is 4.56. The van der Waals surface area contributed by atoms with Gasteiger partial charge in [0.1, 0.15) is 5.60 Å². The average Bonchev–Trinajstić information content (AvgIpc) is 2.63. The van der Waals surface area contributed by atoms with Crippen LogP contribution in [0.2, 0.25) is 0 Å². The van der Waals surface area contributed by atoms with Crippen LogP contribution in [0.1, 0.15) is 33.6 Å². The third kappa shape index (κ3) is 4.37. The molecule has 1 aliphatic rings. The molecule has 1 N–H and O–H groups in total. The molecule has 0 aliphatic carbocycles. The van der Waals surface area contributed by atoms with Crippen molar-refractivity contribution >= 4 is 6.09 Å². The van der Waals surface area contributed by atoms with E-state index in [9.17, 15) is 4.79 Å². The molecule has 1 saturated heterocycles. The van der Waals surface area contributed by atoms with Crippen LogP contribution in [0.5, 0.6) is 0 Å². The number of hydrogen-bond donors (Lipinski definition) is 1. The maximum absolute atomic E-state index is 11.7. The van der Waals surface area contributed by atoms with Gasteiger partial charge < -0.3 is 10.1 Å². The first kappa shape index (κ1) is 13.3. The van der Waals surface area contributed by atoms with Crippen molar-refractivity contribution in [3.63, 3.8) is 0 Å². The summed E-state index contributed by atoms with van der Waals surface area (Å²) in [5.74, 6) is 0. The van der Waals surface area contributed by atoms with E-state index < -0.39 is 11.7 Å². The fourth-order valence-corrected chi connectivity index (χ4v) is 1.65. The van der Waals surface area contributed by atoms with Crippen molar-refractivity contribution in [3.8, 4) is 0 Å². The van der Waals surface area contributed by atoms with Crippen molar-refractivity contribution < 1.29 is 14.4 Å². The van der Waals surface area contributed by atoms with Crippen molar-refractivity contribution in [2.24, 2.45) is 0 Å². The van der Waals surface area contributed by atoms with Gasteiger partial charge in [-0.15, -0.1) is 0 Å². The number of carbonyl (C=O) groups excluding carboxylic acids is 1. The zero-order valence-corrected chi connectivity index (χ0v) is 10.6. The monoisotopic (exact) mass is 230 g/mol. The molecule has 1 atom stereocenters. The highest BCUT2D eigenvalue weighted by molar-refractivity contribution is 5.66. The molecule has 0 saturated carbocycles. The van der Waals surface area contributed by atoms with E-state index in [0.717, 1.165) is 19.4 Å². The average molecular weight is 230 g/mol. The van der Waals surface area contributed by atoms with Crippen LogP contribution in [0, 0.1) is 0 Å². The minimum atomic E-state index is -0.489. The number of rotatable bonds is 3. The molecule has 0 aromatic carbocycles. The molecular formula is C11H22N2O3. The molecule has 1 rings (SSSR count). The fourth-order valence-electron chi connectivity index (χ4n) is 1.65. The lowest BCUT2D eigenvalue weighted by Crippen LogP contribution is -2.42. The van der Waals surface area contributed by atoms with E-state index in [0.29, 0.717) is 12.6 Å². The predicted octanol–water partition coefficient (Wildman–Crippen LogP) is 1.54. The molecular weight excluding hydrogens is 208 g/mol. The third-order valence-electron chi connectivity index (χ3n) is 2.37. The first-order valence-electron chi connectivity index (χ1n) is 5.70. The van der Waals surface area contributed by atoms with E-state index in [1.807, 2.05) is 20.8 Å². The second-order valence-corrected chi connectivity index (χ2v) is 5.02. The molecule has 0 radical (unpaired) electrons. The summed E-state index contributed by atoms with van der Waals surface area (Å²) in [5, 5.41) is 4.58. The zero-order chi connectivity index (χ0) is 12.2. The summed E-state index contributed by atoms with van der Waals surface area (Å²) in [6.45, 7) is 7.06. The minimum absolute atomic E-state index is 0.312. The van der Waals surface area contributed by atoms with E-state index in [-0.39, 0.29) is 0 Å². The second-order valence-electron chi connectivity index (χ2n) is 5.02. The van der Waals surface area contributed by atoms with Gasteiger partial charge in [-0.2, -0.15) is 5.06 Å². The van der Waals surface area contributed by atoms with Crippen molar-refractivity contribution in [1.82, 2.24) is 10.4 Å². The van der Waals surface area contributed by atoms with E-state index in [4.69, 9.17) is 9.57 Å². The van der Waals surface area contributed by atoms with Gasteiger partial charge in [0.2, 0.25) is 0 Å². The Morgan fingerprint density at radius 1 is 1.50 bits per heavy atom. The van der Waals surface area contributed by atoms with Crippen molar-refractivity contribution in [2.75, 3.05) is 20.2 Å². The lowest BCUT2D eigenvalue weighted by atomic mass is 10.2. The molecule has 1 heterocycles. The Labute approximate surface area is 97.0 Å². The number of hydroxylamine groups is 2. The van der Waals surface area contributed by atoms with Gasteiger partial charge in [0.25, 0.3) is 0 Å². The standard InChI is InChI=1S/C11H22N2O3/c1-11(2,3)16-10(14)13(15-4)8-9-6-5-7-12-9/h9,12H,5-8H2,1-4H3. The van der Waals surface area contributed by atoms with E-state index >= 15 is 0 Å². The van der Waals surface area contributed by atoms with E-state index in [1.54, 1.807) is 0 Å². The first-order valence-corrected chi connectivity index (χ1v) is 5.70. The van der Waals surface area contributed by atoms with Gasteiger partial charge in [-0.05, 0) is 40.2 Å². The highest BCUT2D eigenvalue weighted by Gasteiger charge is 2.25. The minimum Gasteiger partial charge on any atom is -0.442 e. The molecule has 0 spiro atoms. The first-order chi connectivity index (χ1) is 7.42. The summed E-state index contributed by atoms with van der Waals surface area (Å²) >= 11 is 0. The quantitative estimate of drug-likeness (QED) is 0.747.